The number of hydrogen-bond acceptors (Lipinski definition) is 3. The number of aromatic amines is 1. The second kappa shape index (κ2) is 5.12. The van der Waals surface area contributed by atoms with E-state index in [1.165, 1.54) is 12.8 Å². The number of H-pyrrole nitrogens is 1. The van der Waals surface area contributed by atoms with Crippen molar-refractivity contribution in [1.82, 2.24) is 15.5 Å². The lowest BCUT2D eigenvalue weighted by molar-refractivity contribution is -0.115. The highest BCUT2D eigenvalue weighted by molar-refractivity contribution is 5.91. The van der Waals surface area contributed by atoms with Gasteiger partial charge in [-0.25, -0.2) is 0 Å². The number of hydrogen-bond donors (Lipinski definition) is 3. The van der Waals surface area contributed by atoms with Crippen molar-refractivity contribution in [1.29, 1.82) is 0 Å². The number of aromatic nitrogens is 2. The number of rotatable bonds is 6. The van der Waals surface area contributed by atoms with Gasteiger partial charge >= 0.3 is 0 Å². The molecule has 2 rings (SSSR count). The lowest BCUT2D eigenvalue weighted by atomic mass is 10.3. The van der Waals surface area contributed by atoms with Gasteiger partial charge in [-0.3, -0.25) is 9.89 Å². The summed E-state index contributed by atoms with van der Waals surface area (Å²) in [5.74, 6) is 1.37. The monoisotopic (exact) mass is 222 g/mol. The molecule has 0 radical (unpaired) electrons. The first-order chi connectivity index (χ1) is 7.78. The lowest BCUT2D eigenvalue weighted by Gasteiger charge is -2.03. The molecule has 0 unspecified atom stereocenters. The Morgan fingerprint density at radius 1 is 1.62 bits per heavy atom. The fourth-order valence-corrected chi connectivity index (χ4v) is 1.51. The maximum absolute atomic E-state index is 11.5. The summed E-state index contributed by atoms with van der Waals surface area (Å²) in [5.41, 5.74) is 1.03. The van der Waals surface area contributed by atoms with Gasteiger partial charge in [-0.1, -0.05) is 6.92 Å². The highest BCUT2D eigenvalue weighted by atomic mass is 16.2. The molecular weight excluding hydrogens is 204 g/mol. The highest BCUT2D eigenvalue weighted by Gasteiger charge is 2.20. The molecule has 0 saturated heterocycles. The average Bonchev–Trinajstić information content (AvgIpc) is 2.97. The molecule has 1 aromatic rings. The largest absolute Gasteiger partial charge is 0.308 e. The van der Waals surface area contributed by atoms with Gasteiger partial charge in [0.2, 0.25) is 5.91 Å². The Kier molecular flexibility index (Phi) is 3.56. The standard InChI is InChI=1S/C11H18N4O/c1-2-9-5-10(15-14-9)13-11(16)7-12-6-8-3-4-8/h5,8,12H,2-4,6-7H2,1H3,(H2,13,14,15,16). The SMILES string of the molecule is CCc1cc(NC(=O)CNCC2CC2)n[nH]1. The fourth-order valence-electron chi connectivity index (χ4n) is 1.51. The first-order valence-electron chi connectivity index (χ1n) is 5.82. The Bertz CT molecular complexity index is 357. The van der Waals surface area contributed by atoms with Crippen LogP contribution >= 0.6 is 0 Å². The minimum Gasteiger partial charge on any atom is -0.308 e. The molecule has 0 atom stereocenters. The maximum Gasteiger partial charge on any atom is 0.239 e. The smallest absolute Gasteiger partial charge is 0.239 e. The van der Waals surface area contributed by atoms with E-state index in [1.807, 2.05) is 13.0 Å². The van der Waals surface area contributed by atoms with Crippen LogP contribution in [0.4, 0.5) is 5.82 Å². The molecule has 0 spiro atoms. The van der Waals surface area contributed by atoms with Gasteiger partial charge in [0.25, 0.3) is 0 Å². The lowest BCUT2D eigenvalue weighted by Crippen LogP contribution is -2.29. The third kappa shape index (κ3) is 3.34. The molecule has 5 heteroatoms. The predicted molar refractivity (Wildman–Crippen MR) is 62.2 cm³/mol. The predicted octanol–water partition coefficient (Wildman–Crippen LogP) is 0.910. The second-order valence-corrected chi connectivity index (χ2v) is 4.25. The highest BCUT2D eigenvalue weighted by Crippen LogP contribution is 2.27. The molecule has 16 heavy (non-hydrogen) atoms. The van der Waals surface area contributed by atoms with Crippen molar-refractivity contribution in [2.75, 3.05) is 18.4 Å². The number of nitrogens with one attached hydrogen (secondary N) is 3. The van der Waals surface area contributed by atoms with E-state index >= 15 is 0 Å². The number of carbonyl (C=O) groups excluding carboxylic acids is 1. The van der Waals surface area contributed by atoms with Crippen molar-refractivity contribution in [3.8, 4) is 0 Å². The molecule has 3 N–H and O–H groups in total. The number of aryl methyl sites for hydroxylation is 1. The van der Waals surface area contributed by atoms with Crippen LogP contribution < -0.4 is 10.6 Å². The number of anilines is 1. The molecule has 88 valence electrons. The van der Waals surface area contributed by atoms with Crippen molar-refractivity contribution < 1.29 is 4.79 Å². The van der Waals surface area contributed by atoms with Crippen LogP contribution in [-0.2, 0) is 11.2 Å². The van der Waals surface area contributed by atoms with Crippen LogP contribution in [0.15, 0.2) is 6.07 Å². The summed E-state index contributed by atoms with van der Waals surface area (Å²) in [6.07, 6.45) is 3.49. The number of nitrogens with zero attached hydrogens (tertiary/aromatic N) is 1. The summed E-state index contributed by atoms with van der Waals surface area (Å²) in [4.78, 5) is 11.5. The summed E-state index contributed by atoms with van der Waals surface area (Å²) in [5, 5.41) is 12.7. The third-order valence-corrected chi connectivity index (χ3v) is 2.69. The van der Waals surface area contributed by atoms with Crippen LogP contribution in [0.3, 0.4) is 0 Å². The molecule has 0 aromatic carbocycles. The van der Waals surface area contributed by atoms with Gasteiger partial charge in [0.1, 0.15) is 0 Å². The molecule has 5 nitrogen and oxygen atoms in total. The number of carbonyl (C=O) groups is 1. The molecule has 1 aromatic heterocycles. The zero-order chi connectivity index (χ0) is 11.4. The minimum atomic E-state index is -0.0326. The minimum absolute atomic E-state index is 0.0326. The van der Waals surface area contributed by atoms with E-state index in [0.717, 1.165) is 24.6 Å². The van der Waals surface area contributed by atoms with E-state index in [1.54, 1.807) is 0 Å². The third-order valence-electron chi connectivity index (χ3n) is 2.69. The van der Waals surface area contributed by atoms with Gasteiger partial charge in [-0.15, -0.1) is 0 Å². The summed E-state index contributed by atoms with van der Waals surface area (Å²) >= 11 is 0. The van der Waals surface area contributed by atoms with Crippen LogP contribution in [0.2, 0.25) is 0 Å². The molecule has 0 aliphatic heterocycles. The second-order valence-electron chi connectivity index (χ2n) is 4.25. The average molecular weight is 222 g/mol. The zero-order valence-corrected chi connectivity index (χ0v) is 9.55. The molecule has 1 aliphatic carbocycles. The molecular formula is C11H18N4O. The first-order valence-corrected chi connectivity index (χ1v) is 5.82. The fraction of sp³-hybridized carbons (Fsp3) is 0.636. The van der Waals surface area contributed by atoms with Gasteiger partial charge < -0.3 is 10.6 Å². The molecule has 1 saturated carbocycles. The zero-order valence-electron chi connectivity index (χ0n) is 9.55. The van der Waals surface area contributed by atoms with Crippen molar-refractivity contribution in [3.63, 3.8) is 0 Å². The van der Waals surface area contributed by atoms with Crippen molar-refractivity contribution in [2.45, 2.75) is 26.2 Å². The van der Waals surface area contributed by atoms with Crippen molar-refractivity contribution >= 4 is 11.7 Å². The molecule has 0 bridgehead atoms. The van der Waals surface area contributed by atoms with Crippen LogP contribution in [-0.4, -0.2) is 29.2 Å². The van der Waals surface area contributed by atoms with Crippen molar-refractivity contribution in [3.05, 3.63) is 11.8 Å². The van der Waals surface area contributed by atoms with Gasteiger partial charge in [0, 0.05) is 11.8 Å². The Labute approximate surface area is 95.0 Å². The van der Waals surface area contributed by atoms with Gasteiger partial charge in [0.15, 0.2) is 5.82 Å². The van der Waals surface area contributed by atoms with Crippen LogP contribution in [0.1, 0.15) is 25.5 Å². The van der Waals surface area contributed by atoms with Gasteiger partial charge in [-0.2, -0.15) is 5.10 Å². The first kappa shape index (κ1) is 11.1. The Hall–Kier alpha value is -1.36. The van der Waals surface area contributed by atoms with E-state index < -0.39 is 0 Å². The summed E-state index contributed by atoms with van der Waals surface area (Å²) in [7, 11) is 0. The molecule has 1 heterocycles. The summed E-state index contributed by atoms with van der Waals surface area (Å²) in [6.45, 7) is 3.36. The van der Waals surface area contributed by atoms with Crippen LogP contribution in [0, 0.1) is 5.92 Å². The number of amides is 1. The van der Waals surface area contributed by atoms with Crippen LogP contribution in [0.25, 0.3) is 0 Å². The molecule has 1 fully saturated rings. The topological polar surface area (TPSA) is 69.8 Å². The Morgan fingerprint density at radius 2 is 2.44 bits per heavy atom. The summed E-state index contributed by atoms with van der Waals surface area (Å²) in [6, 6.07) is 1.86. The van der Waals surface area contributed by atoms with Gasteiger partial charge in [0.05, 0.1) is 6.54 Å². The van der Waals surface area contributed by atoms with E-state index in [2.05, 4.69) is 20.8 Å². The van der Waals surface area contributed by atoms with Crippen LogP contribution in [0.5, 0.6) is 0 Å². The van der Waals surface area contributed by atoms with Gasteiger partial charge in [-0.05, 0) is 31.7 Å². The van der Waals surface area contributed by atoms with Crippen molar-refractivity contribution in [2.24, 2.45) is 5.92 Å². The molecule has 1 aliphatic rings. The molecule has 1 amide bonds. The van der Waals surface area contributed by atoms with E-state index in [9.17, 15) is 4.79 Å². The van der Waals surface area contributed by atoms with E-state index in [0.29, 0.717) is 12.4 Å². The normalized spacial score (nSPS) is 15.1. The maximum atomic E-state index is 11.5. The Morgan fingerprint density at radius 3 is 3.06 bits per heavy atom. The van der Waals surface area contributed by atoms with E-state index in [-0.39, 0.29) is 5.91 Å². The van der Waals surface area contributed by atoms with E-state index in [4.69, 9.17) is 0 Å². The summed E-state index contributed by atoms with van der Waals surface area (Å²) < 4.78 is 0. The Balaban J connectivity index is 1.68. The quantitative estimate of drug-likeness (QED) is 0.670.